The lowest BCUT2D eigenvalue weighted by Crippen LogP contribution is -2.05. The topological polar surface area (TPSA) is 65.0 Å². The van der Waals surface area contributed by atoms with Crippen LogP contribution in [-0.4, -0.2) is 25.3 Å². The van der Waals surface area contributed by atoms with Crippen LogP contribution in [0.25, 0.3) is 5.57 Å². The number of hydrogen-bond donors (Lipinski definition) is 1. The molecule has 5 nitrogen and oxygen atoms in total. The van der Waals surface area contributed by atoms with Gasteiger partial charge >= 0.3 is 5.97 Å². The maximum Gasteiger partial charge on any atom is 0.341 e. The third-order valence-corrected chi connectivity index (χ3v) is 2.86. The molecule has 22 heavy (non-hydrogen) atoms. The van der Waals surface area contributed by atoms with Gasteiger partial charge < -0.3 is 19.3 Å². The summed E-state index contributed by atoms with van der Waals surface area (Å²) >= 11 is 0. The van der Waals surface area contributed by atoms with Crippen molar-refractivity contribution in [3.05, 3.63) is 60.4 Å². The maximum absolute atomic E-state index is 11.9. The first kappa shape index (κ1) is 15.4. The zero-order valence-corrected chi connectivity index (χ0v) is 12.3. The summed E-state index contributed by atoms with van der Waals surface area (Å²) in [6.45, 7) is 0. The van der Waals surface area contributed by atoms with Gasteiger partial charge in [0.15, 0.2) is 0 Å². The monoisotopic (exact) mass is 300 g/mol. The second-order valence-corrected chi connectivity index (χ2v) is 4.35. The van der Waals surface area contributed by atoms with Crippen LogP contribution in [0.1, 0.15) is 5.56 Å². The van der Waals surface area contributed by atoms with Crippen molar-refractivity contribution < 1.29 is 24.1 Å². The second-order valence-electron chi connectivity index (χ2n) is 4.35. The fraction of sp³-hybridized carbons (Fsp3) is 0.118. The summed E-state index contributed by atoms with van der Waals surface area (Å²) in [7, 11) is 2.74. The third kappa shape index (κ3) is 3.58. The predicted molar refractivity (Wildman–Crippen MR) is 81.6 cm³/mol. The van der Waals surface area contributed by atoms with E-state index in [2.05, 4.69) is 0 Å². The van der Waals surface area contributed by atoms with Gasteiger partial charge in [0.25, 0.3) is 0 Å². The largest absolute Gasteiger partial charge is 0.508 e. The van der Waals surface area contributed by atoms with Crippen molar-refractivity contribution in [3.63, 3.8) is 0 Å². The highest BCUT2D eigenvalue weighted by molar-refractivity contribution is 6.17. The Morgan fingerprint density at radius 1 is 1.09 bits per heavy atom. The molecule has 2 aromatic carbocycles. The van der Waals surface area contributed by atoms with Crippen LogP contribution in [0.5, 0.6) is 17.2 Å². The maximum atomic E-state index is 11.9. The van der Waals surface area contributed by atoms with E-state index in [0.717, 1.165) is 0 Å². The number of carbonyl (C=O) groups excluding carboxylic acids is 1. The van der Waals surface area contributed by atoms with Crippen LogP contribution in [0.2, 0.25) is 0 Å². The molecule has 0 fully saturated rings. The first-order valence-electron chi connectivity index (χ1n) is 6.53. The molecule has 0 aliphatic heterocycles. The second kappa shape index (κ2) is 7.17. The lowest BCUT2D eigenvalue weighted by atomic mass is 10.1. The minimum Gasteiger partial charge on any atom is -0.508 e. The van der Waals surface area contributed by atoms with E-state index in [9.17, 15) is 9.90 Å². The molecule has 0 spiro atoms. The van der Waals surface area contributed by atoms with E-state index >= 15 is 0 Å². The third-order valence-electron chi connectivity index (χ3n) is 2.86. The Balaban J connectivity index is 2.41. The van der Waals surface area contributed by atoms with Gasteiger partial charge in [-0.25, -0.2) is 4.79 Å². The van der Waals surface area contributed by atoms with Crippen LogP contribution in [-0.2, 0) is 14.3 Å². The minimum absolute atomic E-state index is 0.0932. The predicted octanol–water partition coefficient (Wildman–Crippen LogP) is 3.34. The van der Waals surface area contributed by atoms with Gasteiger partial charge in [-0.15, -0.1) is 0 Å². The highest BCUT2D eigenvalue weighted by Gasteiger charge is 2.18. The van der Waals surface area contributed by atoms with Crippen molar-refractivity contribution in [3.8, 4) is 17.2 Å². The number of phenolic OH excluding ortho intramolecular Hbond substituents is 1. The molecule has 0 aliphatic rings. The van der Waals surface area contributed by atoms with Gasteiger partial charge in [-0.05, 0) is 18.2 Å². The van der Waals surface area contributed by atoms with Crippen molar-refractivity contribution in [1.29, 1.82) is 0 Å². The smallest absolute Gasteiger partial charge is 0.341 e. The van der Waals surface area contributed by atoms with E-state index in [0.29, 0.717) is 17.1 Å². The van der Waals surface area contributed by atoms with E-state index < -0.39 is 5.97 Å². The van der Waals surface area contributed by atoms with Gasteiger partial charge in [-0.3, -0.25) is 0 Å². The number of rotatable bonds is 5. The molecular weight excluding hydrogens is 284 g/mol. The number of para-hydroxylation sites is 1. The molecule has 0 bridgehead atoms. The normalized spacial score (nSPS) is 10.9. The Morgan fingerprint density at radius 3 is 2.55 bits per heavy atom. The molecule has 1 N–H and O–H groups in total. The molecule has 0 unspecified atom stereocenters. The Bertz CT molecular complexity index is 691. The number of methoxy groups -OCH3 is 2. The average Bonchev–Trinajstić information content (AvgIpc) is 2.53. The van der Waals surface area contributed by atoms with Crippen LogP contribution >= 0.6 is 0 Å². The first-order valence-corrected chi connectivity index (χ1v) is 6.53. The molecular formula is C17H16O5. The lowest BCUT2D eigenvalue weighted by Gasteiger charge is -2.12. The van der Waals surface area contributed by atoms with Gasteiger partial charge in [0.2, 0.25) is 0 Å². The molecule has 0 aliphatic carbocycles. The highest BCUT2D eigenvalue weighted by Crippen LogP contribution is 2.32. The number of benzene rings is 2. The molecule has 0 aromatic heterocycles. The first-order chi connectivity index (χ1) is 10.7. The average molecular weight is 300 g/mol. The van der Waals surface area contributed by atoms with Crippen LogP contribution in [0.3, 0.4) is 0 Å². The van der Waals surface area contributed by atoms with Crippen LogP contribution in [0.4, 0.5) is 0 Å². The van der Waals surface area contributed by atoms with Crippen LogP contribution in [0, 0.1) is 0 Å². The van der Waals surface area contributed by atoms with Crippen molar-refractivity contribution in [2.45, 2.75) is 0 Å². The number of hydrogen-bond acceptors (Lipinski definition) is 5. The van der Waals surface area contributed by atoms with Crippen molar-refractivity contribution in [1.82, 2.24) is 0 Å². The lowest BCUT2D eigenvalue weighted by molar-refractivity contribution is -0.133. The zero-order valence-electron chi connectivity index (χ0n) is 12.3. The summed E-state index contributed by atoms with van der Waals surface area (Å²) < 4.78 is 15.5. The Kier molecular flexibility index (Phi) is 5.03. The minimum atomic E-state index is -0.534. The molecule has 114 valence electrons. The van der Waals surface area contributed by atoms with Crippen molar-refractivity contribution >= 4 is 11.5 Å². The Morgan fingerprint density at radius 2 is 1.86 bits per heavy atom. The molecule has 0 heterocycles. The molecule has 2 aromatic rings. The summed E-state index contributed by atoms with van der Waals surface area (Å²) in [4.78, 5) is 11.9. The molecule has 0 radical (unpaired) electrons. The SMILES string of the molecule is CO/C=C(/C(=O)OC)c1ccccc1Oc1cccc(O)c1. The quantitative estimate of drug-likeness (QED) is 0.521. The molecule has 2 rings (SSSR count). The van der Waals surface area contributed by atoms with Crippen molar-refractivity contribution in [2.24, 2.45) is 0 Å². The van der Waals surface area contributed by atoms with E-state index in [1.807, 2.05) is 0 Å². The standard InChI is InChI=1S/C17H16O5/c1-20-11-15(17(19)21-2)14-8-3-4-9-16(14)22-13-7-5-6-12(18)10-13/h3-11,18H,1-2H3/b15-11+. The van der Waals surface area contributed by atoms with Gasteiger partial charge in [0.1, 0.15) is 22.8 Å². The number of aromatic hydroxyl groups is 1. The molecule has 0 saturated carbocycles. The number of phenols is 1. The van der Waals surface area contributed by atoms with E-state index in [-0.39, 0.29) is 11.3 Å². The highest BCUT2D eigenvalue weighted by atomic mass is 16.5. The number of carbonyl (C=O) groups is 1. The van der Waals surface area contributed by atoms with Gasteiger partial charge in [-0.2, -0.15) is 0 Å². The Labute approximate surface area is 128 Å². The molecule has 0 saturated heterocycles. The summed E-state index contributed by atoms with van der Waals surface area (Å²) in [6.07, 6.45) is 1.30. The number of esters is 1. The molecule has 5 heteroatoms. The van der Waals surface area contributed by atoms with E-state index in [1.54, 1.807) is 42.5 Å². The summed E-state index contributed by atoms with van der Waals surface area (Å²) in [5, 5.41) is 9.49. The summed E-state index contributed by atoms with van der Waals surface area (Å²) in [5.74, 6) is 0.459. The molecule has 0 atom stereocenters. The van der Waals surface area contributed by atoms with Gasteiger partial charge in [0.05, 0.1) is 20.5 Å². The van der Waals surface area contributed by atoms with Gasteiger partial charge in [0, 0.05) is 11.6 Å². The van der Waals surface area contributed by atoms with E-state index in [4.69, 9.17) is 14.2 Å². The van der Waals surface area contributed by atoms with Crippen LogP contribution in [0.15, 0.2) is 54.8 Å². The van der Waals surface area contributed by atoms with Crippen LogP contribution < -0.4 is 4.74 Å². The molecule has 0 amide bonds. The van der Waals surface area contributed by atoms with E-state index in [1.165, 1.54) is 26.5 Å². The number of ether oxygens (including phenoxy) is 3. The fourth-order valence-electron chi connectivity index (χ4n) is 1.90. The fourth-order valence-corrected chi connectivity index (χ4v) is 1.90. The van der Waals surface area contributed by atoms with Gasteiger partial charge in [-0.1, -0.05) is 24.3 Å². The van der Waals surface area contributed by atoms with Crippen molar-refractivity contribution in [2.75, 3.05) is 14.2 Å². The Hall–Kier alpha value is -2.95. The summed E-state index contributed by atoms with van der Waals surface area (Å²) in [5.41, 5.74) is 0.764. The zero-order chi connectivity index (χ0) is 15.9. The summed E-state index contributed by atoms with van der Waals surface area (Å²) in [6, 6.07) is 13.4.